The second-order valence-corrected chi connectivity index (χ2v) is 4.33. The van der Waals surface area contributed by atoms with Crippen LogP contribution in [0.1, 0.15) is 5.56 Å². The zero-order valence-electron chi connectivity index (χ0n) is 10.4. The van der Waals surface area contributed by atoms with Gasteiger partial charge in [-0.2, -0.15) is 0 Å². The van der Waals surface area contributed by atoms with Gasteiger partial charge in [0.05, 0.1) is 0 Å². The number of amides is 1. The molecule has 0 radical (unpaired) electrons. The number of aryl methyl sites for hydroxylation is 1. The first-order chi connectivity index (χ1) is 8.66. The Kier molecular flexibility index (Phi) is 4.15. The molecule has 1 aromatic rings. The molecule has 0 atom stereocenters. The molecule has 0 aliphatic carbocycles. The zero-order valence-corrected chi connectivity index (χ0v) is 10.4. The van der Waals surface area contributed by atoms with E-state index in [9.17, 15) is 9.18 Å². The van der Waals surface area contributed by atoms with Crippen LogP contribution in [-0.2, 0) is 4.79 Å². The Morgan fingerprint density at radius 2 is 2.17 bits per heavy atom. The number of hydrogen-bond acceptors (Lipinski definition) is 3. The fourth-order valence-corrected chi connectivity index (χ4v) is 1.86. The molecule has 1 amide bonds. The topological polar surface area (TPSA) is 41.6 Å². The molecule has 2 rings (SSSR count). The molecule has 1 aliphatic rings. The lowest BCUT2D eigenvalue weighted by atomic mass is 10.2. The Morgan fingerprint density at radius 3 is 2.83 bits per heavy atom. The van der Waals surface area contributed by atoms with E-state index in [2.05, 4.69) is 5.32 Å². The van der Waals surface area contributed by atoms with Gasteiger partial charge in [-0.05, 0) is 30.7 Å². The number of carbonyl (C=O) groups excluding carboxylic acids is 1. The largest absolute Gasteiger partial charge is 0.484 e. The van der Waals surface area contributed by atoms with Gasteiger partial charge in [-0.25, -0.2) is 4.39 Å². The van der Waals surface area contributed by atoms with Crippen LogP contribution in [0.25, 0.3) is 0 Å². The number of benzene rings is 1. The maximum Gasteiger partial charge on any atom is 0.260 e. The fraction of sp³-hybridized carbons (Fsp3) is 0.462. The molecule has 98 valence electrons. The summed E-state index contributed by atoms with van der Waals surface area (Å²) in [5, 5.41) is 3.18. The van der Waals surface area contributed by atoms with Crippen molar-refractivity contribution < 1.29 is 13.9 Å². The molecule has 1 heterocycles. The number of nitrogens with one attached hydrogen (secondary N) is 1. The minimum atomic E-state index is -0.268. The van der Waals surface area contributed by atoms with E-state index >= 15 is 0 Å². The highest BCUT2D eigenvalue weighted by molar-refractivity contribution is 5.77. The first-order valence-electron chi connectivity index (χ1n) is 6.04. The maximum absolute atomic E-state index is 13.1. The molecule has 1 aliphatic heterocycles. The summed E-state index contributed by atoms with van der Waals surface area (Å²) < 4.78 is 18.4. The third-order valence-electron chi connectivity index (χ3n) is 2.96. The van der Waals surface area contributed by atoms with Gasteiger partial charge in [0.1, 0.15) is 11.6 Å². The molecule has 18 heavy (non-hydrogen) atoms. The van der Waals surface area contributed by atoms with Crippen molar-refractivity contribution in [3.8, 4) is 5.75 Å². The van der Waals surface area contributed by atoms with Crippen LogP contribution in [0, 0.1) is 12.7 Å². The van der Waals surface area contributed by atoms with Gasteiger partial charge in [0.15, 0.2) is 6.61 Å². The summed E-state index contributed by atoms with van der Waals surface area (Å²) >= 11 is 0. The third kappa shape index (κ3) is 3.20. The first-order valence-corrected chi connectivity index (χ1v) is 6.04. The summed E-state index contributed by atoms with van der Waals surface area (Å²) in [6.07, 6.45) is 0. The number of nitrogens with zero attached hydrogens (tertiary/aromatic N) is 1. The Morgan fingerprint density at radius 1 is 1.44 bits per heavy atom. The standard InChI is InChI=1S/C13H17FN2O2/c1-10-8-11(2-3-12(10)14)18-9-13(17)16-6-4-15-5-7-16/h2-3,8,15H,4-7,9H2,1H3. The Bertz CT molecular complexity index is 431. The number of halogens is 1. The summed E-state index contributed by atoms with van der Waals surface area (Å²) in [6, 6.07) is 4.48. The van der Waals surface area contributed by atoms with Crippen LogP contribution < -0.4 is 10.1 Å². The van der Waals surface area contributed by atoms with E-state index in [0.29, 0.717) is 24.4 Å². The van der Waals surface area contributed by atoms with Crippen LogP contribution in [-0.4, -0.2) is 43.6 Å². The third-order valence-corrected chi connectivity index (χ3v) is 2.96. The van der Waals surface area contributed by atoms with E-state index < -0.39 is 0 Å². The van der Waals surface area contributed by atoms with E-state index in [-0.39, 0.29) is 18.3 Å². The molecule has 1 N–H and O–H groups in total. The minimum absolute atomic E-state index is 0.00503. The monoisotopic (exact) mass is 252 g/mol. The first kappa shape index (κ1) is 12.8. The lowest BCUT2D eigenvalue weighted by Gasteiger charge is -2.27. The van der Waals surface area contributed by atoms with Crippen LogP contribution in [0.15, 0.2) is 18.2 Å². The molecule has 0 bridgehead atoms. The molecule has 5 heteroatoms. The second kappa shape index (κ2) is 5.82. The van der Waals surface area contributed by atoms with Crippen molar-refractivity contribution in [3.63, 3.8) is 0 Å². The molecular formula is C13H17FN2O2. The van der Waals surface area contributed by atoms with Crippen LogP contribution in [0.4, 0.5) is 4.39 Å². The van der Waals surface area contributed by atoms with Crippen molar-refractivity contribution >= 4 is 5.91 Å². The maximum atomic E-state index is 13.1. The molecule has 1 fully saturated rings. The summed E-state index contributed by atoms with van der Waals surface area (Å²) in [6.45, 7) is 4.74. The lowest BCUT2D eigenvalue weighted by Crippen LogP contribution is -2.47. The average molecular weight is 252 g/mol. The Hall–Kier alpha value is -1.62. The van der Waals surface area contributed by atoms with Crippen LogP contribution in [0.5, 0.6) is 5.75 Å². The highest BCUT2D eigenvalue weighted by Crippen LogP contribution is 2.15. The SMILES string of the molecule is Cc1cc(OCC(=O)N2CCNCC2)ccc1F. The van der Waals surface area contributed by atoms with Crippen LogP contribution in [0.3, 0.4) is 0 Å². The number of ether oxygens (including phenoxy) is 1. The average Bonchev–Trinajstić information content (AvgIpc) is 2.41. The van der Waals surface area contributed by atoms with Gasteiger partial charge >= 0.3 is 0 Å². The van der Waals surface area contributed by atoms with Gasteiger partial charge in [-0.15, -0.1) is 0 Å². The number of piperazine rings is 1. The molecule has 4 nitrogen and oxygen atoms in total. The van der Waals surface area contributed by atoms with Crippen LogP contribution in [0.2, 0.25) is 0 Å². The van der Waals surface area contributed by atoms with Gasteiger partial charge in [0.2, 0.25) is 0 Å². The summed E-state index contributed by atoms with van der Waals surface area (Å²) in [5.41, 5.74) is 0.516. The van der Waals surface area contributed by atoms with Crippen molar-refractivity contribution in [3.05, 3.63) is 29.6 Å². The minimum Gasteiger partial charge on any atom is -0.484 e. The van der Waals surface area contributed by atoms with Crippen LogP contribution >= 0.6 is 0 Å². The van der Waals surface area contributed by atoms with E-state index in [4.69, 9.17) is 4.74 Å². The van der Waals surface area contributed by atoms with Crippen molar-refractivity contribution in [2.45, 2.75) is 6.92 Å². The molecule has 0 aromatic heterocycles. The zero-order chi connectivity index (χ0) is 13.0. The van der Waals surface area contributed by atoms with Gasteiger partial charge < -0.3 is 15.0 Å². The number of hydrogen-bond donors (Lipinski definition) is 1. The quantitative estimate of drug-likeness (QED) is 0.870. The van der Waals surface area contributed by atoms with E-state index in [1.54, 1.807) is 17.9 Å². The Balaban J connectivity index is 1.86. The molecule has 1 saturated heterocycles. The van der Waals surface area contributed by atoms with Crippen molar-refractivity contribution in [2.24, 2.45) is 0 Å². The highest BCUT2D eigenvalue weighted by atomic mass is 19.1. The van der Waals surface area contributed by atoms with Gasteiger partial charge in [-0.3, -0.25) is 4.79 Å². The smallest absolute Gasteiger partial charge is 0.260 e. The number of rotatable bonds is 3. The second-order valence-electron chi connectivity index (χ2n) is 4.33. The fourth-order valence-electron chi connectivity index (χ4n) is 1.86. The lowest BCUT2D eigenvalue weighted by molar-refractivity contribution is -0.133. The molecular weight excluding hydrogens is 235 g/mol. The summed E-state index contributed by atoms with van der Waals surface area (Å²) in [7, 11) is 0. The molecule has 0 unspecified atom stereocenters. The molecule has 0 saturated carbocycles. The summed E-state index contributed by atoms with van der Waals surface area (Å²) in [4.78, 5) is 13.6. The molecule has 1 aromatic carbocycles. The molecule has 0 spiro atoms. The predicted molar refractivity (Wildman–Crippen MR) is 66.1 cm³/mol. The predicted octanol–water partition coefficient (Wildman–Crippen LogP) is 0.945. The van der Waals surface area contributed by atoms with Gasteiger partial charge in [0, 0.05) is 26.2 Å². The van der Waals surface area contributed by atoms with Gasteiger partial charge in [-0.1, -0.05) is 0 Å². The van der Waals surface area contributed by atoms with E-state index in [1.165, 1.54) is 12.1 Å². The van der Waals surface area contributed by atoms with E-state index in [1.807, 2.05) is 0 Å². The Labute approximate surface area is 106 Å². The summed E-state index contributed by atoms with van der Waals surface area (Å²) in [5.74, 6) is 0.228. The van der Waals surface area contributed by atoms with Crippen molar-refractivity contribution in [1.29, 1.82) is 0 Å². The van der Waals surface area contributed by atoms with Gasteiger partial charge in [0.25, 0.3) is 5.91 Å². The highest BCUT2D eigenvalue weighted by Gasteiger charge is 2.16. The normalized spacial score (nSPS) is 15.6. The van der Waals surface area contributed by atoms with E-state index in [0.717, 1.165) is 13.1 Å². The number of carbonyl (C=O) groups is 1. The van der Waals surface area contributed by atoms with Crippen molar-refractivity contribution in [2.75, 3.05) is 32.8 Å². The van der Waals surface area contributed by atoms with Crippen molar-refractivity contribution in [1.82, 2.24) is 10.2 Å².